The molecule has 0 bridgehead atoms. The maximum Gasteiger partial charge on any atom is 0.255 e. The van der Waals surface area contributed by atoms with Crippen molar-refractivity contribution in [3.05, 3.63) is 53.2 Å². The van der Waals surface area contributed by atoms with Crippen LogP contribution in [0.25, 0.3) is 0 Å². The first-order valence-corrected chi connectivity index (χ1v) is 11.6. The zero-order chi connectivity index (χ0) is 21.5. The highest BCUT2D eigenvalue weighted by Gasteiger charge is 2.42. The number of sulfonamides is 1. The summed E-state index contributed by atoms with van der Waals surface area (Å²) in [5, 5.41) is 0.216. The van der Waals surface area contributed by atoms with Crippen LogP contribution in [0.5, 0.6) is 0 Å². The van der Waals surface area contributed by atoms with Gasteiger partial charge in [0.2, 0.25) is 15.9 Å². The highest BCUT2D eigenvalue weighted by molar-refractivity contribution is 7.94. The zero-order valence-corrected chi connectivity index (χ0v) is 17.9. The van der Waals surface area contributed by atoms with Gasteiger partial charge in [-0.2, -0.15) is 0 Å². The van der Waals surface area contributed by atoms with Crippen LogP contribution in [-0.2, 0) is 14.8 Å². The van der Waals surface area contributed by atoms with Crippen LogP contribution in [0.2, 0.25) is 5.02 Å². The summed E-state index contributed by atoms with van der Waals surface area (Å²) in [4.78, 5) is 33.6. The molecule has 0 aliphatic carbocycles. The third-order valence-corrected chi connectivity index (χ3v) is 7.51. The lowest BCUT2D eigenvalue weighted by Gasteiger charge is -2.35. The van der Waals surface area contributed by atoms with Crippen LogP contribution in [0.15, 0.2) is 42.6 Å². The Balaban J connectivity index is 1.54. The van der Waals surface area contributed by atoms with Crippen molar-refractivity contribution >= 4 is 44.9 Å². The molecule has 0 saturated carbocycles. The number of amides is 2. The van der Waals surface area contributed by atoms with Gasteiger partial charge in [0.25, 0.3) is 5.91 Å². The van der Waals surface area contributed by atoms with Gasteiger partial charge < -0.3 is 9.80 Å². The average molecular weight is 449 g/mol. The predicted octanol–water partition coefficient (Wildman–Crippen LogP) is 2.01. The Bertz CT molecular complexity index is 1090. The Hall–Kier alpha value is -2.65. The Morgan fingerprint density at radius 3 is 2.47 bits per heavy atom. The number of pyridine rings is 1. The summed E-state index contributed by atoms with van der Waals surface area (Å²) < 4.78 is 25.6. The molecule has 2 amide bonds. The van der Waals surface area contributed by atoms with Gasteiger partial charge >= 0.3 is 0 Å². The maximum atomic E-state index is 13.1. The van der Waals surface area contributed by atoms with Gasteiger partial charge in [0.15, 0.2) is 0 Å². The van der Waals surface area contributed by atoms with E-state index in [4.69, 9.17) is 11.6 Å². The summed E-state index contributed by atoms with van der Waals surface area (Å²) in [5.74, 6) is -0.798. The molecule has 30 heavy (non-hydrogen) atoms. The van der Waals surface area contributed by atoms with Gasteiger partial charge in [-0.15, -0.1) is 0 Å². The minimum Gasteiger partial charge on any atom is -0.353 e. The molecule has 1 atom stereocenters. The summed E-state index contributed by atoms with van der Waals surface area (Å²) >= 11 is 6.26. The highest BCUT2D eigenvalue weighted by Crippen LogP contribution is 2.31. The number of carbonyl (C=O) groups is 2. The van der Waals surface area contributed by atoms with Crippen LogP contribution in [0, 0.1) is 5.92 Å². The van der Waals surface area contributed by atoms with E-state index in [1.54, 1.807) is 18.0 Å². The second-order valence-electron chi connectivity index (χ2n) is 7.41. The largest absolute Gasteiger partial charge is 0.353 e. The van der Waals surface area contributed by atoms with Gasteiger partial charge in [-0.05, 0) is 30.3 Å². The molecular formula is C20H21ClN4O4S. The van der Waals surface area contributed by atoms with Gasteiger partial charge in [0, 0.05) is 32.4 Å². The smallest absolute Gasteiger partial charge is 0.255 e. The molecule has 1 unspecified atom stereocenters. The van der Waals surface area contributed by atoms with E-state index in [1.165, 1.54) is 18.2 Å². The fourth-order valence-corrected chi connectivity index (χ4v) is 5.75. The zero-order valence-electron chi connectivity index (χ0n) is 16.4. The molecule has 3 heterocycles. The molecule has 10 heteroatoms. The van der Waals surface area contributed by atoms with Gasteiger partial charge in [-0.1, -0.05) is 24.6 Å². The average Bonchev–Trinajstić information content (AvgIpc) is 2.95. The van der Waals surface area contributed by atoms with Crippen molar-refractivity contribution in [1.82, 2.24) is 9.88 Å². The van der Waals surface area contributed by atoms with Gasteiger partial charge in [-0.25, -0.2) is 17.7 Å². The number of nitrogens with zero attached hydrogens (tertiary/aromatic N) is 4. The lowest BCUT2D eigenvalue weighted by Crippen LogP contribution is -2.49. The molecular weight excluding hydrogens is 428 g/mol. The monoisotopic (exact) mass is 448 g/mol. The van der Waals surface area contributed by atoms with E-state index in [2.05, 4.69) is 9.88 Å². The molecule has 0 spiro atoms. The van der Waals surface area contributed by atoms with Gasteiger partial charge in [0.1, 0.15) is 5.82 Å². The van der Waals surface area contributed by atoms with E-state index in [1.807, 2.05) is 18.2 Å². The molecule has 0 N–H and O–H groups in total. The molecule has 1 aromatic heterocycles. The van der Waals surface area contributed by atoms with E-state index in [0.717, 1.165) is 10.1 Å². The first-order chi connectivity index (χ1) is 14.3. The molecule has 4 rings (SSSR count). The predicted molar refractivity (Wildman–Crippen MR) is 114 cm³/mol. The number of hydrogen-bond acceptors (Lipinski definition) is 6. The summed E-state index contributed by atoms with van der Waals surface area (Å²) in [6.07, 6.45) is 1.73. The molecule has 2 aliphatic rings. The minimum absolute atomic E-state index is 0.143. The molecule has 1 aromatic carbocycles. The number of piperazine rings is 1. The van der Waals surface area contributed by atoms with Gasteiger partial charge in [-0.3, -0.25) is 9.59 Å². The first-order valence-electron chi connectivity index (χ1n) is 9.59. The van der Waals surface area contributed by atoms with Gasteiger partial charge in [0.05, 0.1) is 27.9 Å². The van der Waals surface area contributed by atoms with Crippen LogP contribution < -0.4 is 9.21 Å². The Kier molecular flexibility index (Phi) is 5.42. The van der Waals surface area contributed by atoms with Crippen LogP contribution in [0.1, 0.15) is 17.3 Å². The summed E-state index contributed by atoms with van der Waals surface area (Å²) in [5.41, 5.74) is 0.326. The fraction of sp³-hybridized carbons (Fsp3) is 0.350. The number of hydrogen-bond donors (Lipinski definition) is 0. The van der Waals surface area contributed by atoms with Crippen molar-refractivity contribution in [1.29, 1.82) is 0 Å². The van der Waals surface area contributed by atoms with E-state index >= 15 is 0 Å². The van der Waals surface area contributed by atoms with Crippen molar-refractivity contribution in [2.24, 2.45) is 5.92 Å². The van der Waals surface area contributed by atoms with Crippen molar-refractivity contribution in [2.75, 3.05) is 41.1 Å². The molecule has 0 radical (unpaired) electrons. The highest BCUT2D eigenvalue weighted by atomic mass is 35.5. The lowest BCUT2D eigenvalue weighted by molar-refractivity contribution is -0.119. The molecule has 158 valence electrons. The molecule has 2 saturated heterocycles. The molecule has 2 fully saturated rings. The first kappa shape index (κ1) is 20.6. The SMILES string of the molecule is CC1CS(=O)(=O)N(c2ccc(Cl)c(C(=O)N3CCN(c4ccccn4)CC3)c2)C1=O. The number of aromatic nitrogens is 1. The second kappa shape index (κ2) is 7.88. The van der Waals surface area contributed by atoms with E-state index in [-0.39, 0.29) is 27.9 Å². The van der Waals surface area contributed by atoms with E-state index in [0.29, 0.717) is 26.2 Å². The van der Waals surface area contributed by atoms with Crippen LogP contribution in [0.4, 0.5) is 11.5 Å². The van der Waals surface area contributed by atoms with Crippen LogP contribution >= 0.6 is 11.6 Å². The quantitative estimate of drug-likeness (QED) is 0.713. The topological polar surface area (TPSA) is 90.9 Å². The summed E-state index contributed by atoms with van der Waals surface area (Å²) in [6.45, 7) is 3.78. The van der Waals surface area contributed by atoms with Crippen molar-refractivity contribution < 1.29 is 18.0 Å². The number of anilines is 2. The molecule has 2 aliphatic heterocycles. The Morgan fingerprint density at radius 1 is 1.13 bits per heavy atom. The number of halogens is 1. The Morgan fingerprint density at radius 2 is 1.87 bits per heavy atom. The Labute approximate surface area is 180 Å². The fourth-order valence-electron chi connectivity index (χ4n) is 3.74. The summed E-state index contributed by atoms with van der Waals surface area (Å²) in [6, 6.07) is 9.99. The molecule has 8 nitrogen and oxygen atoms in total. The van der Waals surface area contributed by atoms with Crippen molar-refractivity contribution in [3.8, 4) is 0 Å². The normalized spacial score (nSPS) is 21.2. The van der Waals surface area contributed by atoms with Crippen molar-refractivity contribution in [2.45, 2.75) is 6.92 Å². The number of benzene rings is 1. The standard InChI is InChI=1S/C20H21ClN4O4S/c1-14-13-30(28,29)25(19(14)26)15-5-6-17(21)16(12-15)20(27)24-10-8-23(9-11-24)18-4-2-3-7-22-18/h2-7,12,14H,8-11,13H2,1H3. The van der Waals surface area contributed by atoms with Crippen molar-refractivity contribution in [3.63, 3.8) is 0 Å². The third-order valence-electron chi connectivity index (χ3n) is 5.32. The van der Waals surface area contributed by atoms with Crippen LogP contribution in [-0.4, -0.2) is 62.0 Å². The second-order valence-corrected chi connectivity index (χ2v) is 9.68. The number of carbonyl (C=O) groups excluding carboxylic acids is 2. The minimum atomic E-state index is -3.75. The molecule has 2 aromatic rings. The lowest BCUT2D eigenvalue weighted by atomic mass is 10.1. The maximum absolute atomic E-state index is 13.1. The third kappa shape index (κ3) is 3.75. The summed E-state index contributed by atoms with van der Waals surface area (Å²) in [7, 11) is -3.75. The number of rotatable bonds is 3. The van der Waals surface area contributed by atoms with E-state index < -0.39 is 21.8 Å². The van der Waals surface area contributed by atoms with Crippen LogP contribution in [0.3, 0.4) is 0 Å². The van der Waals surface area contributed by atoms with E-state index in [9.17, 15) is 18.0 Å².